The van der Waals surface area contributed by atoms with Crippen LogP contribution in [0.25, 0.3) is 0 Å². The van der Waals surface area contributed by atoms with Gasteiger partial charge in [-0.3, -0.25) is 0 Å². The summed E-state index contributed by atoms with van der Waals surface area (Å²) in [6.07, 6.45) is 3.41. The van der Waals surface area contributed by atoms with Crippen molar-refractivity contribution in [3.63, 3.8) is 0 Å². The van der Waals surface area contributed by atoms with Crippen molar-refractivity contribution in [2.45, 2.75) is 6.92 Å². The van der Waals surface area contributed by atoms with E-state index in [-0.39, 0.29) is 0 Å². The van der Waals surface area contributed by atoms with Gasteiger partial charge in [0.1, 0.15) is 0 Å². The van der Waals surface area contributed by atoms with Crippen molar-refractivity contribution in [3.05, 3.63) is 24.5 Å². The lowest BCUT2D eigenvalue weighted by molar-refractivity contribution is 0.338. The number of hydrogen-bond donors (Lipinski definition) is 0. The summed E-state index contributed by atoms with van der Waals surface area (Å²) in [7, 11) is 1.61. The van der Waals surface area contributed by atoms with Gasteiger partial charge in [-0.15, -0.1) is 0 Å². The average molecular weight is 98.1 g/mol. The predicted molar refractivity (Wildman–Crippen MR) is 31.0 cm³/mol. The third-order valence-corrected chi connectivity index (χ3v) is 0.489. The second kappa shape index (κ2) is 3.47. The predicted octanol–water partition coefficient (Wildman–Crippen LogP) is 1.72. The highest BCUT2D eigenvalue weighted by molar-refractivity contribution is 5.08. The van der Waals surface area contributed by atoms with Gasteiger partial charge in [-0.05, 0) is 13.0 Å². The molecule has 0 atom stereocenters. The zero-order valence-electron chi connectivity index (χ0n) is 4.77. The van der Waals surface area contributed by atoms with Crippen molar-refractivity contribution in [3.8, 4) is 0 Å². The fourth-order valence-electron chi connectivity index (χ4n) is 0.184. The maximum atomic E-state index is 4.61. The van der Waals surface area contributed by atoms with Crippen molar-refractivity contribution in [1.29, 1.82) is 0 Å². The average Bonchev–Trinajstić information content (AvgIpc) is 1.61. The van der Waals surface area contributed by atoms with Crippen molar-refractivity contribution in [2.75, 3.05) is 7.11 Å². The summed E-state index contributed by atoms with van der Waals surface area (Å²) < 4.78 is 4.61. The van der Waals surface area contributed by atoms with E-state index in [1.165, 1.54) is 0 Å². The molecule has 0 spiro atoms. The van der Waals surface area contributed by atoms with E-state index in [9.17, 15) is 0 Å². The third-order valence-electron chi connectivity index (χ3n) is 0.489. The molecule has 0 N–H and O–H groups in total. The molecule has 0 aliphatic heterocycles. The van der Waals surface area contributed by atoms with E-state index >= 15 is 0 Å². The van der Waals surface area contributed by atoms with Gasteiger partial charge in [0.2, 0.25) is 0 Å². The highest BCUT2D eigenvalue weighted by Gasteiger charge is 1.67. The first kappa shape index (κ1) is 6.28. The Morgan fingerprint density at radius 3 is 2.43 bits per heavy atom. The lowest BCUT2D eigenvalue weighted by Gasteiger charge is -1.83. The maximum absolute atomic E-state index is 4.61. The number of hydrogen-bond acceptors (Lipinski definition) is 1. The molecule has 40 valence electrons. The molecule has 0 unspecified atom stereocenters. The van der Waals surface area contributed by atoms with Crippen molar-refractivity contribution >= 4 is 0 Å². The van der Waals surface area contributed by atoms with Gasteiger partial charge in [-0.1, -0.05) is 12.2 Å². The Kier molecular flexibility index (Phi) is 3.11. The van der Waals surface area contributed by atoms with Crippen LogP contribution in [0.5, 0.6) is 0 Å². The topological polar surface area (TPSA) is 9.23 Å². The number of rotatable bonds is 2. The Morgan fingerprint density at radius 1 is 1.71 bits per heavy atom. The zero-order valence-corrected chi connectivity index (χ0v) is 4.77. The minimum Gasteiger partial charge on any atom is -0.504 e. The van der Waals surface area contributed by atoms with E-state index < -0.39 is 0 Å². The van der Waals surface area contributed by atoms with Gasteiger partial charge in [-0.2, -0.15) is 0 Å². The summed E-state index contributed by atoms with van der Waals surface area (Å²) in [6.45, 7) is 5.54. The van der Waals surface area contributed by atoms with Crippen LogP contribution in [-0.2, 0) is 4.74 Å². The molecule has 0 saturated heterocycles. The molecule has 0 radical (unpaired) electrons. The van der Waals surface area contributed by atoms with Crippen LogP contribution >= 0.6 is 0 Å². The SMILES string of the molecule is C=C(C)/C=C\OC. The molecule has 0 aromatic carbocycles. The molecule has 0 fully saturated rings. The standard InChI is InChI=1S/C6H10O/c1-6(2)4-5-7-3/h4-5H,1H2,2-3H3/b5-4-. The van der Waals surface area contributed by atoms with E-state index in [4.69, 9.17) is 0 Å². The molecule has 1 nitrogen and oxygen atoms in total. The lowest BCUT2D eigenvalue weighted by atomic mass is 10.4. The van der Waals surface area contributed by atoms with Gasteiger partial charge >= 0.3 is 0 Å². The molecule has 0 amide bonds. The molecule has 0 aromatic rings. The van der Waals surface area contributed by atoms with Crippen LogP contribution in [0.2, 0.25) is 0 Å². The first-order chi connectivity index (χ1) is 3.27. The molecule has 1 heteroatoms. The Morgan fingerprint density at radius 2 is 2.29 bits per heavy atom. The number of allylic oxidation sites excluding steroid dienone is 2. The summed E-state index contributed by atoms with van der Waals surface area (Å²) in [5, 5.41) is 0. The quantitative estimate of drug-likeness (QED) is 0.377. The minimum atomic E-state index is 1.00. The van der Waals surface area contributed by atoms with Crippen molar-refractivity contribution in [1.82, 2.24) is 0 Å². The van der Waals surface area contributed by atoms with Crippen LogP contribution in [0.3, 0.4) is 0 Å². The van der Waals surface area contributed by atoms with Gasteiger partial charge in [0.25, 0.3) is 0 Å². The van der Waals surface area contributed by atoms with Gasteiger partial charge in [0, 0.05) is 0 Å². The fourth-order valence-corrected chi connectivity index (χ4v) is 0.184. The summed E-state index contributed by atoms with van der Waals surface area (Å²) in [6, 6.07) is 0. The molecular formula is C6H10O. The fraction of sp³-hybridized carbons (Fsp3) is 0.333. The maximum Gasteiger partial charge on any atom is 0.0827 e. The number of ether oxygens (including phenoxy) is 1. The highest BCUT2D eigenvalue weighted by atomic mass is 16.5. The molecule has 0 rings (SSSR count). The largest absolute Gasteiger partial charge is 0.504 e. The molecule has 0 aromatic heterocycles. The second-order valence-electron chi connectivity index (χ2n) is 1.38. The Bertz CT molecular complexity index is 82.2. The van der Waals surface area contributed by atoms with Crippen molar-refractivity contribution < 1.29 is 4.74 Å². The van der Waals surface area contributed by atoms with E-state index in [1.54, 1.807) is 19.4 Å². The molecule has 0 bridgehead atoms. The monoisotopic (exact) mass is 98.1 g/mol. The van der Waals surface area contributed by atoms with Gasteiger partial charge < -0.3 is 4.74 Å². The van der Waals surface area contributed by atoms with Crippen LogP contribution in [0, 0.1) is 0 Å². The summed E-state index contributed by atoms with van der Waals surface area (Å²) in [5.41, 5.74) is 1.00. The molecule has 0 saturated carbocycles. The van der Waals surface area contributed by atoms with E-state index in [1.807, 2.05) is 6.92 Å². The van der Waals surface area contributed by atoms with Crippen LogP contribution in [0.1, 0.15) is 6.92 Å². The van der Waals surface area contributed by atoms with Gasteiger partial charge in [0.15, 0.2) is 0 Å². The Balaban J connectivity index is 3.26. The van der Waals surface area contributed by atoms with Crippen LogP contribution in [-0.4, -0.2) is 7.11 Å². The molecule has 0 aliphatic rings. The summed E-state index contributed by atoms with van der Waals surface area (Å²) >= 11 is 0. The summed E-state index contributed by atoms with van der Waals surface area (Å²) in [5.74, 6) is 0. The van der Waals surface area contributed by atoms with Crippen LogP contribution < -0.4 is 0 Å². The molecule has 7 heavy (non-hydrogen) atoms. The van der Waals surface area contributed by atoms with E-state index in [2.05, 4.69) is 11.3 Å². The first-order valence-corrected chi connectivity index (χ1v) is 2.12. The zero-order chi connectivity index (χ0) is 5.70. The van der Waals surface area contributed by atoms with Crippen LogP contribution in [0.4, 0.5) is 0 Å². The van der Waals surface area contributed by atoms with E-state index in [0.29, 0.717) is 0 Å². The molecular weight excluding hydrogens is 88.1 g/mol. The van der Waals surface area contributed by atoms with Gasteiger partial charge in [0.05, 0.1) is 13.4 Å². The summed E-state index contributed by atoms with van der Waals surface area (Å²) in [4.78, 5) is 0. The minimum absolute atomic E-state index is 1.00. The Labute approximate surface area is 44.3 Å². The smallest absolute Gasteiger partial charge is 0.0827 e. The van der Waals surface area contributed by atoms with Crippen molar-refractivity contribution in [2.24, 2.45) is 0 Å². The normalized spacial score (nSPS) is 9.43. The van der Waals surface area contributed by atoms with E-state index in [0.717, 1.165) is 5.57 Å². The lowest BCUT2D eigenvalue weighted by Crippen LogP contribution is -1.64. The third kappa shape index (κ3) is 5.28. The molecule has 0 aliphatic carbocycles. The van der Waals surface area contributed by atoms with Gasteiger partial charge in [-0.25, -0.2) is 0 Å². The number of methoxy groups -OCH3 is 1. The molecule has 0 heterocycles. The highest BCUT2D eigenvalue weighted by Crippen LogP contribution is 1.86. The first-order valence-electron chi connectivity index (χ1n) is 2.12. The Hall–Kier alpha value is -0.720. The van der Waals surface area contributed by atoms with Crippen LogP contribution in [0.15, 0.2) is 24.5 Å². The second-order valence-corrected chi connectivity index (χ2v) is 1.38.